The van der Waals surface area contributed by atoms with Gasteiger partial charge in [-0.1, -0.05) is 54.9 Å². The van der Waals surface area contributed by atoms with Gasteiger partial charge in [0.1, 0.15) is 5.75 Å². The van der Waals surface area contributed by atoms with Crippen LogP contribution in [-0.4, -0.2) is 15.1 Å². The van der Waals surface area contributed by atoms with Gasteiger partial charge in [0, 0.05) is 44.4 Å². The Morgan fingerprint density at radius 2 is 1.91 bits per heavy atom. The maximum Gasteiger partial charge on any atom is 0.251 e. The Balaban J connectivity index is 1.57. The Morgan fingerprint density at radius 3 is 2.69 bits per heavy atom. The van der Waals surface area contributed by atoms with Crippen molar-refractivity contribution in [2.24, 2.45) is 0 Å². The number of fused-ring (bicyclic) bond motifs is 1. The molecule has 0 aliphatic rings. The molecule has 0 saturated heterocycles. The number of benzene rings is 2. The molecule has 2 aromatic heterocycles. The molecule has 0 fully saturated rings. The second kappa shape index (κ2) is 9.05. The van der Waals surface area contributed by atoms with Gasteiger partial charge in [0.25, 0.3) is 5.56 Å². The molecule has 4 rings (SSSR count). The Labute approximate surface area is 198 Å². The molecule has 4 N–H and O–H groups in total. The van der Waals surface area contributed by atoms with Crippen molar-refractivity contribution >= 4 is 43.3 Å². The minimum absolute atomic E-state index is 0.0743. The number of aromatic hydroxyl groups is 1. The zero-order valence-corrected chi connectivity index (χ0v) is 20.5. The molecule has 0 unspecified atom stereocenters. The zero-order valence-electron chi connectivity index (χ0n) is 18.1. The number of rotatable bonds is 6. The molecule has 0 aliphatic heterocycles. The zero-order chi connectivity index (χ0) is 22.9. The van der Waals surface area contributed by atoms with Gasteiger partial charge >= 0.3 is 0 Å². The van der Waals surface area contributed by atoms with E-state index >= 15 is 0 Å². The Hall–Kier alpha value is -2.68. The number of hydrogen-bond acceptors (Lipinski definition) is 6. The number of phenolic OH excluding ortho intramolecular Hbond substituents is 1. The summed E-state index contributed by atoms with van der Waals surface area (Å²) in [4.78, 5) is 21.5. The summed E-state index contributed by atoms with van der Waals surface area (Å²) < 4.78 is 0.902. The van der Waals surface area contributed by atoms with Crippen molar-refractivity contribution in [2.75, 3.05) is 5.43 Å². The number of nitrogens with one attached hydrogen (secondary N) is 3. The van der Waals surface area contributed by atoms with E-state index in [0.717, 1.165) is 42.2 Å². The second-order valence-corrected chi connectivity index (χ2v) is 10.7. The van der Waals surface area contributed by atoms with Crippen LogP contribution in [-0.2, 0) is 18.4 Å². The highest BCUT2D eigenvalue weighted by molar-refractivity contribution is 9.10. The molecule has 0 bridgehead atoms. The number of aromatic amines is 1. The van der Waals surface area contributed by atoms with Crippen LogP contribution in [0.5, 0.6) is 5.75 Å². The monoisotopic (exact) mass is 512 g/mol. The number of nitrogens with zero attached hydrogens (tertiary/aromatic N) is 1. The number of thiazole rings is 1. The average Bonchev–Trinajstić information content (AvgIpc) is 3.14. The minimum Gasteiger partial charge on any atom is -0.508 e. The lowest BCUT2D eigenvalue weighted by Gasteiger charge is -2.17. The van der Waals surface area contributed by atoms with Crippen molar-refractivity contribution in [3.05, 3.63) is 85.1 Å². The van der Waals surface area contributed by atoms with E-state index in [2.05, 4.69) is 52.5 Å². The van der Waals surface area contributed by atoms with Crippen molar-refractivity contribution in [2.45, 2.75) is 39.2 Å². The fourth-order valence-corrected chi connectivity index (χ4v) is 5.10. The predicted octanol–water partition coefficient (Wildman–Crippen LogP) is 5.46. The maximum absolute atomic E-state index is 12.7. The van der Waals surface area contributed by atoms with Crippen LogP contribution in [0.25, 0.3) is 10.9 Å². The van der Waals surface area contributed by atoms with Crippen molar-refractivity contribution in [3.63, 3.8) is 0 Å². The second-order valence-electron chi connectivity index (χ2n) is 8.68. The van der Waals surface area contributed by atoms with Crippen LogP contribution in [0.2, 0.25) is 0 Å². The lowest BCUT2D eigenvalue weighted by atomic mass is 9.90. The van der Waals surface area contributed by atoms with Gasteiger partial charge in [0.05, 0.1) is 5.69 Å². The van der Waals surface area contributed by atoms with Crippen LogP contribution < -0.4 is 16.4 Å². The average molecular weight is 513 g/mol. The van der Waals surface area contributed by atoms with Gasteiger partial charge in [-0.3, -0.25) is 10.2 Å². The summed E-state index contributed by atoms with van der Waals surface area (Å²) >= 11 is 4.95. The summed E-state index contributed by atoms with van der Waals surface area (Å²) in [5, 5.41) is 11.7. The van der Waals surface area contributed by atoms with Crippen molar-refractivity contribution in [1.29, 1.82) is 0 Å². The van der Waals surface area contributed by atoms with E-state index in [1.165, 1.54) is 11.3 Å². The molecule has 0 amide bonds. The standard InChI is InChI=1S/C24H25BrN4O2S/c1-24(2,3)21-20(12-15-10-14-6-4-5-7-18(14)27-22(15)31)32-23(28-21)29-26-13-16-11-17(25)8-9-19(16)30/h4-11,26,30H,12-13H2,1-3H3,(H,27,31)(H,28,29). The van der Waals surface area contributed by atoms with Gasteiger partial charge in [0.2, 0.25) is 0 Å². The summed E-state index contributed by atoms with van der Waals surface area (Å²) in [5.41, 5.74) is 9.32. The fraction of sp³-hybridized carbons (Fsp3) is 0.250. The first-order valence-corrected chi connectivity index (χ1v) is 11.9. The van der Waals surface area contributed by atoms with E-state index in [0.29, 0.717) is 13.0 Å². The number of aromatic nitrogens is 2. The molecule has 4 aromatic rings. The van der Waals surface area contributed by atoms with Crippen LogP contribution in [0.3, 0.4) is 0 Å². The number of para-hydroxylation sites is 1. The van der Waals surface area contributed by atoms with Crippen molar-refractivity contribution in [3.8, 4) is 5.75 Å². The lowest BCUT2D eigenvalue weighted by molar-refractivity contribution is 0.466. The summed E-state index contributed by atoms with van der Waals surface area (Å²) in [7, 11) is 0. The van der Waals surface area contributed by atoms with Gasteiger partial charge in [-0.15, -0.1) is 11.3 Å². The summed E-state index contributed by atoms with van der Waals surface area (Å²) in [6.07, 6.45) is 0.512. The van der Waals surface area contributed by atoms with E-state index in [-0.39, 0.29) is 16.7 Å². The van der Waals surface area contributed by atoms with E-state index in [1.807, 2.05) is 36.4 Å². The van der Waals surface area contributed by atoms with Crippen LogP contribution in [0, 0.1) is 0 Å². The van der Waals surface area contributed by atoms with Gasteiger partial charge < -0.3 is 10.1 Å². The van der Waals surface area contributed by atoms with Crippen molar-refractivity contribution in [1.82, 2.24) is 15.4 Å². The smallest absolute Gasteiger partial charge is 0.251 e. The number of pyridine rings is 1. The quantitative estimate of drug-likeness (QED) is 0.257. The molecule has 8 heteroatoms. The van der Waals surface area contributed by atoms with Crippen LogP contribution in [0.1, 0.15) is 42.5 Å². The maximum atomic E-state index is 12.7. The third kappa shape index (κ3) is 5.03. The van der Waals surface area contributed by atoms with Crippen LogP contribution in [0.4, 0.5) is 5.13 Å². The molecule has 0 atom stereocenters. The van der Waals surface area contributed by atoms with E-state index < -0.39 is 0 Å². The predicted molar refractivity (Wildman–Crippen MR) is 134 cm³/mol. The number of hydrogen-bond donors (Lipinski definition) is 4. The molecular weight excluding hydrogens is 488 g/mol. The molecule has 0 saturated carbocycles. The highest BCUT2D eigenvalue weighted by Gasteiger charge is 2.24. The van der Waals surface area contributed by atoms with Gasteiger partial charge in [-0.2, -0.15) is 0 Å². The number of halogens is 1. The molecule has 2 aromatic carbocycles. The van der Waals surface area contributed by atoms with Gasteiger partial charge in [-0.25, -0.2) is 10.4 Å². The Morgan fingerprint density at radius 1 is 1.12 bits per heavy atom. The summed E-state index contributed by atoms with van der Waals surface area (Å²) in [6, 6.07) is 15.1. The third-order valence-electron chi connectivity index (χ3n) is 5.10. The summed E-state index contributed by atoms with van der Waals surface area (Å²) in [6.45, 7) is 6.78. The number of hydrazine groups is 1. The molecule has 32 heavy (non-hydrogen) atoms. The lowest BCUT2D eigenvalue weighted by Crippen LogP contribution is -2.21. The van der Waals surface area contributed by atoms with E-state index in [9.17, 15) is 9.90 Å². The first-order valence-electron chi connectivity index (χ1n) is 10.3. The SMILES string of the molecule is CC(C)(C)c1nc(NNCc2cc(Br)ccc2O)sc1Cc1cc2ccccc2[nH]c1=O. The van der Waals surface area contributed by atoms with Gasteiger partial charge in [-0.05, 0) is 35.7 Å². The minimum atomic E-state index is -0.169. The molecule has 6 nitrogen and oxygen atoms in total. The molecule has 0 aliphatic carbocycles. The van der Waals surface area contributed by atoms with Gasteiger partial charge in [0.15, 0.2) is 5.13 Å². The fourth-order valence-electron chi connectivity index (χ4n) is 3.52. The van der Waals surface area contributed by atoms with Crippen LogP contribution >= 0.6 is 27.3 Å². The first kappa shape index (κ1) is 22.5. The number of phenols is 1. The summed E-state index contributed by atoms with van der Waals surface area (Å²) in [5.74, 6) is 0.230. The highest BCUT2D eigenvalue weighted by atomic mass is 79.9. The first-order chi connectivity index (χ1) is 15.2. The Kier molecular flexibility index (Phi) is 6.37. The molecule has 2 heterocycles. The largest absolute Gasteiger partial charge is 0.508 e. The van der Waals surface area contributed by atoms with E-state index in [1.54, 1.807) is 12.1 Å². The number of anilines is 1. The molecule has 0 radical (unpaired) electrons. The van der Waals surface area contributed by atoms with Crippen LogP contribution in [0.15, 0.2) is 57.8 Å². The normalized spacial score (nSPS) is 11.8. The van der Waals surface area contributed by atoms with E-state index in [4.69, 9.17) is 4.98 Å². The topological polar surface area (TPSA) is 90.0 Å². The highest BCUT2D eigenvalue weighted by Crippen LogP contribution is 2.33. The molecular formula is C24H25BrN4O2S. The Bertz CT molecular complexity index is 1320. The third-order valence-corrected chi connectivity index (χ3v) is 6.57. The molecule has 166 valence electrons. The number of H-pyrrole nitrogens is 1. The van der Waals surface area contributed by atoms with Crippen molar-refractivity contribution < 1.29 is 5.11 Å². The molecule has 0 spiro atoms.